The number of nitrogens with one attached hydrogen (secondary N) is 1. The van der Waals surface area contributed by atoms with Crippen LogP contribution in [0.15, 0.2) is 73.3 Å². The van der Waals surface area contributed by atoms with Crippen LogP contribution >= 0.6 is 0 Å². The first-order valence-electron chi connectivity index (χ1n) is 8.86. The van der Waals surface area contributed by atoms with Crippen LogP contribution in [0.3, 0.4) is 0 Å². The number of benzene rings is 3. The number of carbonyl (C=O) groups is 3. The minimum absolute atomic E-state index is 0.219. The molecule has 3 aromatic carbocycles. The largest absolute Gasteiger partial charge is 0.321 e. The molecule has 1 N–H and O–H groups in total. The average molecular weight is 367 g/mol. The number of rotatable bonds is 3. The fourth-order valence-electron chi connectivity index (χ4n) is 3.49. The van der Waals surface area contributed by atoms with Gasteiger partial charge in [0.2, 0.25) is 0 Å². The lowest BCUT2D eigenvalue weighted by Gasteiger charge is -2.20. The molecule has 0 aromatic heterocycles. The maximum Gasteiger partial charge on any atom is 0.256 e. The molecule has 1 aliphatic carbocycles. The average Bonchev–Trinajstić information content (AvgIpc) is 2.72. The van der Waals surface area contributed by atoms with Gasteiger partial charge in [0.1, 0.15) is 0 Å². The minimum atomic E-state index is -0.355. The molecule has 0 aliphatic heterocycles. The van der Waals surface area contributed by atoms with Crippen molar-refractivity contribution in [1.82, 2.24) is 0 Å². The van der Waals surface area contributed by atoms with E-state index in [0.29, 0.717) is 27.9 Å². The highest BCUT2D eigenvalue weighted by atomic mass is 16.2. The molecule has 1 amide bonds. The van der Waals surface area contributed by atoms with E-state index in [1.165, 1.54) is 0 Å². The normalized spacial score (nSPS) is 12.2. The summed E-state index contributed by atoms with van der Waals surface area (Å²) in [7, 11) is 0. The van der Waals surface area contributed by atoms with Crippen molar-refractivity contribution in [2.75, 3.05) is 5.32 Å². The van der Waals surface area contributed by atoms with Gasteiger partial charge >= 0.3 is 0 Å². The van der Waals surface area contributed by atoms with Crippen LogP contribution in [0.5, 0.6) is 0 Å². The number of fused-ring (bicyclic) bond motifs is 2. The molecule has 4 rings (SSSR count). The Hall–Kier alpha value is -3.79. The van der Waals surface area contributed by atoms with E-state index in [0.717, 1.165) is 11.1 Å². The maximum absolute atomic E-state index is 13.0. The summed E-state index contributed by atoms with van der Waals surface area (Å²) < 4.78 is 0. The van der Waals surface area contributed by atoms with E-state index in [1.54, 1.807) is 54.6 Å². The number of hydrogen-bond acceptors (Lipinski definition) is 3. The summed E-state index contributed by atoms with van der Waals surface area (Å²) in [4.78, 5) is 38.8. The summed E-state index contributed by atoms with van der Waals surface area (Å²) >= 11 is 0. The van der Waals surface area contributed by atoms with Crippen molar-refractivity contribution in [1.29, 1.82) is 0 Å². The third-order valence-corrected chi connectivity index (χ3v) is 4.83. The van der Waals surface area contributed by atoms with Gasteiger partial charge < -0.3 is 5.32 Å². The van der Waals surface area contributed by atoms with Gasteiger partial charge in [-0.3, -0.25) is 14.4 Å². The standard InChI is InChI=1S/C24H17NO3/c1-14(2)15-8-3-6-11-18(15)24(28)25-20-13-7-12-19-21(20)23(27)17-10-5-4-9-16(17)22(19)26/h3-13H,1H2,2H3,(H,25,28). The third-order valence-electron chi connectivity index (χ3n) is 4.83. The van der Waals surface area contributed by atoms with Crippen molar-refractivity contribution < 1.29 is 14.4 Å². The highest BCUT2D eigenvalue weighted by Gasteiger charge is 2.31. The Morgan fingerprint density at radius 3 is 2.00 bits per heavy atom. The number of ketones is 2. The first-order valence-corrected chi connectivity index (χ1v) is 8.86. The van der Waals surface area contributed by atoms with E-state index >= 15 is 0 Å². The summed E-state index contributed by atoms with van der Waals surface area (Å²) in [6, 6.07) is 18.8. The first-order chi connectivity index (χ1) is 13.5. The second kappa shape index (κ2) is 6.74. The molecule has 4 nitrogen and oxygen atoms in total. The number of hydrogen-bond donors (Lipinski definition) is 1. The smallest absolute Gasteiger partial charge is 0.256 e. The van der Waals surface area contributed by atoms with E-state index < -0.39 is 0 Å². The third kappa shape index (κ3) is 2.76. The molecule has 3 aromatic rings. The molecule has 0 fully saturated rings. The quantitative estimate of drug-likeness (QED) is 0.568. The zero-order chi connectivity index (χ0) is 19.8. The number of allylic oxidation sites excluding steroid dienone is 1. The van der Waals surface area contributed by atoms with Gasteiger partial charge in [-0.05, 0) is 24.6 Å². The molecule has 0 atom stereocenters. The van der Waals surface area contributed by atoms with Gasteiger partial charge in [0.05, 0.1) is 11.3 Å². The lowest BCUT2D eigenvalue weighted by Crippen LogP contribution is -2.24. The fourth-order valence-corrected chi connectivity index (χ4v) is 3.49. The van der Waals surface area contributed by atoms with Crippen molar-refractivity contribution in [3.63, 3.8) is 0 Å². The Morgan fingerprint density at radius 1 is 0.750 bits per heavy atom. The van der Waals surface area contributed by atoms with Crippen LogP contribution in [0.2, 0.25) is 0 Å². The number of carbonyl (C=O) groups excluding carboxylic acids is 3. The fraction of sp³-hybridized carbons (Fsp3) is 0.0417. The predicted octanol–water partition coefficient (Wildman–Crippen LogP) is 4.75. The molecule has 4 heteroatoms. The highest BCUT2D eigenvalue weighted by Crippen LogP contribution is 2.32. The molecular formula is C24H17NO3. The predicted molar refractivity (Wildman–Crippen MR) is 109 cm³/mol. The number of anilines is 1. The minimum Gasteiger partial charge on any atom is -0.321 e. The van der Waals surface area contributed by atoms with Gasteiger partial charge in [-0.1, -0.05) is 66.7 Å². The van der Waals surface area contributed by atoms with Crippen LogP contribution in [0.25, 0.3) is 5.57 Å². The Labute approximate surface area is 162 Å². The first kappa shape index (κ1) is 17.6. The van der Waals surface area contributed by atoms with E-state index in [9.17, 15) is 14.4 Å². The summed E-state index contributed by atoms with van der Waals surface area (Å²) in [5, 5.41) is 2.81. The molecule has 0 bridgehead atoms. The van der Waals surface area contributed by atoms with Gasteiger partial charge in [-0.25, -0.2) is 0 Å². The summed E-state index contributed by atoms with van der Waals surface area (Å²) in [6.07, 6.45) is 0. The van der Waals surface area contributed by atoms with Crippen LogP contribution in [0.1, 0.15) is 54.7 Å². The van der Waals surface area contributed by atoms with Crippen LogP contribution in [-0.2, 0) is 0 Å². The Bertz CT molecular complexity index is 1170. The van der Waals surface area contributed by atoms with Gasteiger partial charge in [0, 0.05) is 22.3 Å². The van der Waals surface area contributed by atoms with E-state index in [1.807, 2.05) is 19.1 Å². The van der Waals surface area contributed by atoms with Crippen LogP contribution in [0, 0.1) is 0 Å². The Morgan fingerprint density at radius 2 is 1.32 bits per heavy atom. The van der Waals surface area contributed by atoms with Gasteiger partial charge in [0.15, 0.2) is 11.6 Å². The summed E-state index contributed by atoms with van der Waals surface area (Å²) in [5.74, 6) is -0.843. The molecule has 136 valence electrons. The van der Waals surface area contributed by atoms with Crippen molar-refractivity contribution in [2.24, 2.45) is 0 Å². The molecule has 0 saturated carbocycles. The molecule has 1 aliphatic rings. The molecular weight excluding hydrogens is 350 g/mol. The van der Waals surface area contributed by atoms with Crippen molar-refractivity contribution in [3.8, 4) is 0 Å². The van der Waals surface area contributed by atoms with Crippen LogP contribution in [0.4, 0.5) is 5.69 Å². The monoisotopic (exact) mass is 367 g/mol. The van der Waals surface area contributed by atoms with Crippen LogP contribution < -0.4 is 5.32 Å². The van der Waals surface area contributed by atoms with E-state index in [4.69, 9.17) is 0 Å². The SMILES string of the molecule is C=C(C)c1ccccc1C(=O)Nc1cccc2c1C(=O)c1ccccc1C2=O. The van der Waals surface area contributed by atoms with Gasteiger partial charge in [-0.2, -0.15) is 0 Å². The lowest BCUT2D eigenvalue weighted by molar-refractivity contribution is 0.0978. The molecule has 0 saturated heterocycles. The summed E-state index contributed by atoms with van der Waals surface area (Å²) in [5.41, 5.74) is 3.55. The topological polar surface area (TPSA) is 63.2 Å². The molecule has 0 heterocycles. The van der Waals surface area contributed by atoms with Crippen molar-refractivity contribution >= 4 is 28.7 Å². The second-order valence-electron chi connectivity index (χ2n) is 6.71. The molecule has 0 unspecified atom stereocenters. The summed E-state index contributed by atoms with van der Waals surface area (Å²) in [6.45, 7) is 5.74. The second-order valence-corrected chi connectivity index (χ2v) is 6.71. The van der Waals surface area contributed by atoms with Crippen molar-refractivity contribution in [2.45, 2.75) is 6.92 Å². The molecule has 0 spiro atoms. The zero-order valence-corrected chi connectivity index (χ0v) is 15.3. The van der Waals surface area contributed by atoms with Crippen LogP contribution in [-0.4, -0.2) is 17.5 Å². The van der Waals surface area contributed by atoms with E-state index in [2.05, 4.69) is 11.9 Å². The molecule has 0 radical (unpaired) electrons. The van der Waals surface area contributed by atoms with Gasteiger partial charge in [-0.15, -0.1) is 0 Å². The van der Waals surface area contributed by atoms with Crippen molar-refractivity contribution in [3.05, 3.63) is 107 Å². The van der Waals surface area contributed by atoms with Gasteiger partial charge in [0.25, 0.3) is 5.91 Å². The highest BCUT2D eigenvalue weighted by molar-refractivity contribution is 6.30. The molecule has 28 heavy (non-hydrogen) atoms. The van der Waals surface area contributed by atoms with E-state index in [-0.39, 0.29) is 23.0 Å². The lowest BCUT2D eigenvalue weighted by atomic mass is 9.83. The number of amides is 1. The Balaban J connectivity index is 1.78. The zero-order valence-electron chi connectivity index (χ0n) is 15.3. The Kier molecular flexibility index (Phi) is 4.24. The maximum atomic E-state index is 13.0.